The number of nitrogens with zero attached hydrogens (tertiary/aromatic N) is 1. The molecular formula is C10H11NO3. The van der Waals surface area contributed by atoms with Gasteiger partial charge in [-0.3, -0.25) is 4.79 Å². The van der Waals surface area contributed by atoms with Gasteiger partial charge >= 0.3 is 0 Å². The maximum absolute atomic E-state index is 11.7. The molecule has 0 fully saturated rings. The molecular weight excluding hydrogens is 182 g/mol. The Kier molecular flexibility index (Phi) is 2.37. The summed E-state index contributed by atoms with van der Waals surface area (Å²) >= 11 is 0. The van der Waals surface area contributed by atoms with Gasteiger partial charge in [-0.05, 0) is 12.1 Å². The molecule has 0 bridgehead atoms. The van der Waals surface area contributed by atoms with Crippen molar-refractivity contribution in [3.05, 3.63) is 29.8 Å². The highest BCUT2D eigenvalue weighted by Crippen LogP contribution is 2.23. The number of carbonyl (C=O) groups is 1. The number of benzene rings is 1. The van der Waals surface area contributed by atoms with Crippen LogP contribution in [-0.2, 0) is 0 Å². The first-order chi connectivity index (χ1) is 6.83. The Morgan fingerprint density at radius 1 is 1.43 bits per heavy atom. The first-order valence-electron chi connectivity index (χ1n) is 4.45. The number of fused-ring (bicyclic) bond motifs is 1. The summed E-state index contributed by atoms with van der Waals surface area (Å²) in [5.41, 5.74) is 0.562. The zero-order valence-electron chi connectivity index (χ0n) is 7.64. The van der Waals surface area contributed by atoms with Crippen LogP contribution in [-0.4, -0.2) is 35.8 Å². The van der Waals surface area contributed by atoms with Crippen LogP contribution in [0.3, 0.4) is 0 Å². The van der Waals surface area contributed by atoms with E-state index in [-0.39, 0.29) is 19.2 Å². The third-order valence-corrected chi connectivity index (χ3v) is 2.15. The number of rotatable bonds is 2. The molecule has 1 aliphatic rings. The number of para-hydroxylation sites is 1. The molecule has 74 valence electrons. The Morgan fingerprint density at radius 2 is 2.21 bits per heavy atom. The normalized spacial score (nSPS) is 14.9. The van der Waals surface area contributed by atoms with Crippen molar-refractivity contribution in [1.82, 2.24) is 4.90 Å². The second-order valence-electron chi connectivity index (χ2n) is 3.06. The van der Waals surface area contributed by atoms with Crippen molar-refractivity contribution in [3.63, 3.8) is 0 Å². The molecule has 2 rings (SSSR count). The maximum atomic E-state index is 11.7. The number of aliphatic hydroxyl groups is 1. The van der Waals surface area contributed by atoms with Crippen LogP contribution in [0.5, 0.6) is 5.75 Å². The second-order valence-corrected chi connectivity index (χ2v) is 3.06. The lowest BCUT2D eigenvalue weighted by Crippen LogP contribution is -2.40. The molecule has 1 amide bonds. The number of aliphatic hydroxyl groups excluding tert-OH is 1. The number of ether oxygens (including phenoxy) is 1. The molecule has 0 radical (unpaired) electrons. The number of β-amino-alcohol motifs (C(OH)–C–C–N with tert-alkyl or cyclic N) is 1. The molecule has 1 aromatic carbocycles. The van der Waals surface area contributed by atoms with E-state index in [0.717, 1.165) is 0 Å². The molecule has 0 aromatic heterocycles. The van der Waals surface area contributed by atoms with Gasteiger partial charge in [-0.1, -0.05) is 12.1 Å². The van der Waals surface area contributed by atoms with Crippen LogP contribution in [0.2, 0.25) is 0 Å². The van der Waals surface area contributed by atoms with Crippen molar-refractivity contribution in [2.45, 2.75) is 0 Å². The van der Waals surface area contributed by atoms with Crippen molar-refractivity contribution < 1.29 is 14.6 Å². The van der Waals surface area contributed by atoms with Crippen molar-refractivity contribution in [1.29, 1.82) is 0 Å². The summed E-state index contributed by atoms with van der Waals surface area (Å²) in [4.78, 5) is 13.2. The van der Waals surface area contributed by atoms with Gasteiger partial charge in [0.05, 0.1) is 12.2 Å². The highest BCUT2D eigenvalue weighted by Gasteiger charge is 2.24. The molecule has 0 unspecified atom stereocenters. The van der Waals surface area contributed by atoms with Gasteiger partial charge in [0.2, 0.25) is 0 Å². The summed E-state index contributed by atoms with van der Waals surface area (Å²) < 4.78 is 5.35. The molecule has 0 saturated heterocycles. The topological polar surface area (TPSA) is 49.8 Å². The average Bonchev–Trinajstić information content (AvgIpc) is 2.23. The lowest BCUT2D eigenvalue weighted by atomic mass is 10.1. The van der Waals surface area contributed by atoms with Gasteiger partial charge in [0, 0.05) is 6.54 Å². The van der Waals surface area contributed by atoms with Crippen LogP contribution >= 0.6 is 0 Å². The Hall–Kier alpha value is -1.55. The lowest BCUT2D eigenvalue weighted by molar-refractivity contribution is 0.0470. The molecule has 4 nitrogen and oxygen atoms in total. The van der Waals surface area contributed by atoms with E-state index in [9.17, 15) is 4.79 Å². The molecule has 0 atom stereocenters. The van der Waals surface area contributed by atoms with Crippen molar-refractivity contribution >= 4 is 5.91 Å². The van der Waals surface area contributed by atoms with Gasteiger partial charge in [-0.25, -0.2) is 0 Å². The third kappa shape index (κ3) is 1.44. The zero-order chi connectivity index (χ0) is 9.97. The Balaban J connectivity index is 2.27. The van der Waals surface area contributed by atoms with E-state index < -0.39 is 0 Å². The number of carbonyl (C=O) groups excluding carboxylic acids is 1. The fraction of sp³-hybridized carbons (Fsp3) is 0.300. The molecule has 0 spiro atoms. The second kappa shape index (κ2) is 3.67. The first-order valence-corrected chi connectivity index (χ1v) is 4.45. The predicted molar refractivity (Wildman–Crippen MR) is 50.1 cm³/mol. The number of hydrogen-bond acceptors (Lipinski definition) is 3. The molecule has 0 aliphatic carbocycles. The predicted octanol–water partition coefficient (Wildman–Crippen LogP) is 0.471. The maximum Gasteiger partial charge on any atom is 0.260 e. The summed E-state index contributed by atoms with van der Waals surface area (Å²) in [5.74, 6) is 0.535. The van der Waals surface area contributed by atoms with E-state index in [2.05, 4.69) is 0 Å². The molecule has 14 heavy (non-hydrogen) atoms. The van der Waals surface area contributed by atoms with Crippen LogP contribution in [0.4, 0.5) is 0 Å². The summed E-state index contributed by atoms with van der Waals surface area (Å²) in [6, 6.07) is 7.11. The van der Waals surface area contributed by atoms with Crippen LogP contribution in [0, 0.1) is 0 Å². The van der Waals surface area contributed by atoms with E-state index in [1.807, 2.05) is 6.07 Å². The minimum absolute atomic E-state index is 0.0444. The minimum atomic E-state index is -0.0825. The standard InChI is InChI=1S/C10H11NO3/c12-6-5-11-7-14-9-4-2-1-3-8(9)10(11)13/h1-4,12H,5-7H2. The number of amides is 1. The summed E-state index contributed by atoms with van der Waals surface area (Å²) in [7, 11) is 0. The molecule has 1 N–H and O–H groups in total. The van der Waals surface area contributed by atoms with E-state index in [1.165, 1.54) is 4.90 Å². The van der Waals surface area contributed by atoms with Gasteiger partial charge in [-0.2, -0.15) is 0 Å². The van der Waals surface area contributed by atoms with Gasteiger partial charge in [0.25, 0.3) is 5.91 Å². The monoisotopic (exact) mass is 193 g/mol. The molecule has 1 aromatic rings. The average molecular weight is 193 g/mol. The smallest absolute Gasteiger partial charge is 0.260 e. The van der Waals surface area contributed by atoms with Crippen LogP contribution in [0.25, 0.3) is 0 Å². The zero-order valence-corrected chi connectivity index (χ0v) is 7.64. The van der Waals surface area contributed by atoms with Gasteiger partial charge in [-0.15, -0.1) is 0 Å². The summed E-state index contributed by atoms with van der Waals surface area (Å²) in [6.45, 7) is 0.487. The highest BCUT2D eigenvalue weighted by atomic mass is 16.5. The van der Waals surface area contributed by atoms with Crippen LogP contribution < -0.4 is 4.74 Å². The molecule has 0 saturated carbocycles. The molecule has 1 heterocycles. The fourth-order valence-corrected chi connectivity index (χ4v) is 1.43. The SMILES string of the molecule is O=C1c2ccccc2OCN1CCO. The Morgan fingerprint density at radius 3 is 3.00 bits per heavy atom. The molecule has 1 aliphatic heterocycles. The van der Waals surface area contributed by atoms with E-state index in [1.54, 1.807) is 18.2 Å². The van der Waals surface area contributed by atoms with E-state index in [4.69, 9.17) is 9.84 Å². The van der Waals surface area contributed by atoms with Gasteiger partial charge in [0.15, 0.2) is 6.73 Å². The number of hydrogen-bond donors (Lipinski definition) is 1. The van der Waals surface area contributed by atoms with Crippen molar-refractivity contribution in [2.75, 3.05) is 19.9 Å². The van der Waals surface area contributed by atoms with Crippen LogP contribution in [0.1, 0.15) is 10.4 Å². The highest BCUT2D eigenvalue weighted by molar-refractivity contribution is 5.97. The largest absolute Gasteiger partial charge is 0.472 e. The van der Waals surface area contributed by atoms with E-state index in [0.29, 0.717) is 17.9 Å². The minimum Gasteiger partial charge on any atom is -0.472 e. The quantitative estimate of drug-likeness (QED) is 0.742. The Bertz CT molecular complexity index is 351. The van der Waals surface area contributed by atoms with Crippen LogP contribution in [0.15, 0.2) is 24.3 Å². The van der Waals surface area contributed by atoms with Crippen molar-refractivity contribution in [2.24, 2.45) is 0 Å². The summed E-state index contributed by atoms with van der Waals surface area (Å²) in [5, 5.41) is 8.73. The fourth-order valence-electron chi connectivity index (χ4n) is 1.43. The Labute approximate surface area is 81.7 Å². The van der Waals surface area contributed by atoms with Crippen molar-refractivity contribution in [3.8, 4) is 5.75 Å². The summed E-state index contributed by atoms with van der Waals surface area (Å²) in [6.07, 6.45) is 0. The molecule has 4 heteroatoms. The van der Waals surface area contributed by atoms with Gasteiger partial charge < -0.3 is 14.7 Å². The lowest BCUT2D eigenvalue weighted by Gasteiger charge is -2.27. The van der Waals surface area contributed by atoms with Gasteiger partial charge in [0.1, 0.15) is 5.75 Å². The van der Waals surface area contributed by atoms with E-state index >= 15 is 0 Å². The first kappa shape index (κ1) is 9.02. The third-order valence-electron chi connectivity index (χ3n) is 2.15.